The average molecular weight is 332 g/mol. The highest BCUT2D eigenvalue weighted by Crippen LogP contribution is 2.29. The molecule has 0 spiro atoms. The van der Waals surface area contributed by atoms with Crippen molar-refractivity contribution >= 4 is 0 Å². The lowest BCUT2D eigenvalue weighted by atomic mass is 9.91. The average Bonchev–Trinajstić information content (AvgIpc) is 3.12. The minimum atomic E-state index is 0.542. The van der Waals surface area contributed by atoms with Gasteiger partial charge in [0, 0.05) is 18.9 Å². The molecule has 1 aliphatic heterocycles. The van der Waals surface area contributed by atoms with Gasteiger partial charge in [-0.15, -0.1) is 5.10 Å². The summed E-state index contributed by atoms with van der Waals surface area (Å²) in [5.41, 5.74) is 5.03. The molecular formula is C21H24N4. The van der Waals surface area contributed by atoms with Gasteiger partial charge in [0.2, 0.25) is 0 Å². The number of benzene rings is 2. The second-order valence-corrected chi connectivity index (χ2v) is 6.87. The fraction of sp³-hybridized carbons (Fsp3) is 0.333. The molecule has 3 aromatic rings. The molecule has 4 nitrogen and oxygen atoms in total. The number of likely N-dealkylation sites (tertiary alicyclic amines) is 1. The first-order valence-corrected chi connectivity index (χ1v) is 9.08. The zero-order valence-electron chi connectivity index (χ0n) is 14.4. The second-order valence-electron chi connectivity index (χ2n) is 6.87. The summed E-state index contributed by atoms with van der Waals surface area (Å²) in [5.74, 6) is 0.542. The minimum absolute atomic E-state index is 0.542. The maximum absolute atomic E-state index is 4.35. The lowest BCUT2D eigenvalue weighted by molar-refractivity contribution is 0.203. The lowest BCUT2D eigenvalue weighted by Crippen LogP contribution is -2.32. The van der Waals surface area contributed by atoms with Crippen molar-refractivity contribution in [3.8, 4) is 0 Å². The Bertz CT molecular complexity index is 774. The summed E-state index contributed by atoms with van der Waals surface area (Å²) < 4.78 is 0. The van der Waals surface area contributed by atoms with Crippen molar-refractivity contribution in [3.05, 3.63) is 83.2 Å². The molecule has 25 heavy (non-hydrogen) atoms. The predicted molar refractivity (Wildman–Crippen MR) is 99.3 cm³/mol. The largest absolute Gasteiger partial charge is 0.299 e. The van der Waals surface area contributed by atoms with Gasteiger partial charge in [-0.3, -0.25) is 10.00 Å². The molecule has 0 saturated carbocycles. The van der Waals surface area contributed by atoms with Crippen molar-refractivity contribution in [2.75, 3.05) is 13.1 Å². The van der Waals surface area contributed by atoms with Crippen molar-refractivity contribution in [1.82, 2.24) is 20.3 Å². The third-order valence-corrected chi connectivity index (χ3v) is 5.11. The van der Waals surface area contributed by atoms with Crippen LogP contribution >= 0.6 is 0 Å². The number of piperidine rings is 1. The Labute approximate surface area is 148 Å². The number of hydrogen-bond donors (Lipinski definition) is 1. The Balaban J connectivity index is 1.37. The van der Waals surface area contributed by atoms with Crippen LogP contribution in [-0.4, -0.2) is 33.4 Å². The van der Waals surface area contributed by atoms with Crippen molar-refractivity contribution < 1.29 is 0 Å². The highest BCUT2D eigenvalue weighted by atomic mass is 15.3. The van der Waals surface area contributed by atoms with Crippen LogP contribution < -0.4 is 0 Å². The minimum Gasteiger partial charge on any atom is -0.299 e. The molecule has 1 aliphatic rings. The summed E-state index contributed by atoms with van der Waals surface area (Å²) in [5, 5.41) is 11.6. The van der Waals surface area contributed by atoms with Crippen LogP contribution in [-0.2, 0) is 13.0 Å². The molecule has 0 amide bonds. The molecule has 0 aliphatic carbocycles. The summed E-state index contributed by atoms with van der Waals surface area (Å²) in [6.45, 7) is 3.30. The number of aromatic amines is 1. The number of rotatable bonds is 5. The van der Waals surface area contributed by atoms with E-state index in [2.05, 4.69) is 81.0 Å². The fourth-order valence-corrected chi connectivity index (χ4v) is 3.73. The van der Waals surface area contributed by atoms with Crippen LogP contribution in [0.5, 0.6) is 0 Å². The molecule has 2 aromatic carbocycles. The number of nitrogens with one attached hydrogen (secondary N) is 1. The molecule has 0 radical (unpaired) electrons. The summed E-state index contributed by atoms with van der Waals surface area (Å²) in [7, 11) is 0. The van der Waals surface area contributed by atoms with Crippen molar-refractivity contribution in [1.29, 1.82) is 0 Å². The maximum atomic E-state index is 4.35. The Kier molecular flexibility index (Phi) is 4.89. The predicted octanol–water partition coefficient (Wildman–Crippen LogP) is 3.78. The van der Waals surface area contributed by atoms with Gasteiger partial charge >= 0.3 is 0 Å². The Morgan fingerprint density at radius 2 is 1.52 bits per heavy atom. The van der Waals surface area contributed by atoms with E-state index < -0.39 is 0 Å². The van der Waals surface area contributed by atoms with Crippen molar-refractivity contribution in [2.45, 2.75) is 31.7 Å². The first-order chi connectivity index (χ1) is 12.4. The van der Waals surface area contributed by atoms with Crippen LogP contribution in [0.25, 0.3) is 0 Å². The molecule has 1 aromatic heterocycles. The molecule has 0 bridgehead atoms. The number of hydrogen-bond acceptors (Lipinski definition) is 3. The lowest BCUT2D eigenvalue weighted by Gasteiger charge is -2.31. The first-order valence-electron chi connectivity index (χ1n) is 9.08. The van der Waals surface area contributed by atoms with Crippen LogP contribution in [0, 0.1) is 0 Å². The topological polar surface area (TPSA) is 44.8 Å². The van der Waals surface area contributed by atoms with Crippen LogP contribution in [0.4, 0.5) is 0 Å². The standard InChI is InChI=1S/C21H24N4/c1-3-7-17(8-4-1)15-20-21(23-24-22-20)19-11-13-25(14-12-19)16-18-9-5-2-6-10-18/h1-10,19H,11-16H2,(H,22,23,24). The second kappa shape index (κ2) is 7.62. The van der Waals surface area contributed by atoms with Gasteiger partial charge in [0.05, 0.1) is 11.4 Å². The van der Waals surface area contributed by atoms with Crippen LogP contribution in [0.1, 0.15) is 41.3 Å². The molecule has 1 N–H and O–H groups in total. The van der Waals surface area contributed by atoms with Gasteiger partial charge in [-0.2, -0.15) is 0 Å². The van der Waals surface area contributed by atoms with Gasteiger partial charge in [0.1, 0.15) is 0 Å². The van der Waals surface area contributed by atoms with Crippen molar-refractivity contribution in [2.24, 2.45) is 0 Å². The third kappa shape index (κ3) is 3.97. The zero-order chi connectivity index (χ0) is 16.9. The van der Waals surface area contributed by atoms with Gasteiger partial charge in [-0.05, 0) is 37.1 Å². The SMILES string of the molecule is c1ccc(Cc2nn[nH]c2C2CCN(Cc3ccccc3)CC2)cc1. The summed E-state index contributed by atoms with van der Waals surface area (Å²) in [6, 6.07) is 21.3. The third-order valence-electron chi connectivity index (χ3n) is 5.11. The summed E-state index contributed by atoms with van der Waals surface area (Å²) in [4.78, 5) is 2.55. The van der Waals surface area contributed by atoms with Gasteiger partial charge < -0.3 is 0 Å². The van der Waals surface area contributed by atoms with E-state index in [1.54, 1.807) is 0 Å². The van der Waals surface area contributed by atoms with Crippen LogP contribution in [0.15, 0.2) is 60.7 Å². The van der Waals surface area contributed by atoms with E-state index >= 15 is 0 Å². The van der Waals surface area contributed by atoms with Crippen LogP contribution in [0.2, 0.25) is 0 Å². The number of H-pyrrole nitrogens is 1. The van der Waals surface area contributed by atoms with Gasteiger partial charge in [0.15, 0.2) is 0 Å². The Morgan fingerprint density at radius 3 is 2.20 bits per heavy atom. The summed E-state index contributed by atoms with van der Waals surface area (Å²) >= 11 is 0. The van der Waals surface area contributed by atoms with E-state index in [0.29, 0.717) is 5.92 Å². The Hall–Kier alpha value is -2.46. The molecular weight excluding hydrogens is 308 g/mol. The summed E-state index contributed by atoms with van der Waals surface area (Å²) in [6.07, 6.45) is 3.19. The van der Waals surface area contributed by atoms with E-state index in [1.165, 1.54) is 29.7 Å². The first kappa shape index (κ1) is 16.0. The van der Waals surface area contributed by atoms with E-state index in [1.807, 2.05) is 0 Å². The number of aromatic nitrogens is 3. The molecule has 1 saturated heterocycles. The zero-order valence-corrected chi connectivity index (χ0v) is 14.4. The van der Waals surface area contributed by atoms with E-state index in [-0.39, 0.29) is 0 Å². The molecule has 0 atom stereocenters. The van der Waals surface area contributed by atoms with Gasteiger partial charge in [-0.1, -0.05) is 65.9 Å². The molecule has 128 valence electrons. The molecule has 4 rings (SSSR count). The van der Waals surface area contributed by atoms with Gasteiger partial charge in [-0.25, -0.2) is 0 Å². The molecule has 1 fully saturated rings. The normalized spacial score (nSPS) is 16.2. The maximum Gasteiger partial charge on any atom is 0.0903 e. The van der Waals surface area contributed by atoms with Crippen molar-refractivity contribution in [3.63, 3.8) is 0 Å². The number of nitrogens with zero attached hydrogens (tertiary/aromatic N) is 3. The monoisotopic (exact) mass is 332 g/mol. The van der Waals surface area contributed by atoms with Gasteiger partial charge in [0.25, 0.3) is 0 Å². The highest BCUT2D eigenvalue weighted by Gasteiger charge is 2.24. The van der Waals surface area contributed by atoms with Crippen LogP contribution in [0.3, 0.4) is 0 Å². The van der Waals surface area contributed by atoms with E-state index in [0.717, 1.165) is 31.7 Å². The molecule has 4 heteroatoms. The molecule has 0 unspecified atom stereocenters. The highest BCUT2D eigenvalue weighted by molar-refractivity contribution is 5.25. The Morgan fingerprint density at radius 1 is 0.880 bits per heavy atom. The molecule has 2 heterocycles. The quantitative estimate of drug-likeness (QED) is 0.773. The smallest absolute Gasteiger partial charge is 0.0903 e. The van der Waals surface area contributed by atoms with E-state index in [9.17, 15) is 0 Å². The van der Waals surface area contributed by atoms with E-state index in [4.69, 9.17) is 0 Å². The fourth-order valence-electron chi connectivity index (χ4n) is 3.73.